The molecule has 0 spiro atoms. The smallest absolute Gasteiger partial charge is 0.193 e. The molecule has 4 rings (SSSR count). The standard InChI is InChI=1S/C20H21N3O2/c1-13-11-23(12-14(2)22-13)15-6-7-19-16(9-15)18(24)10-20(25-19)17-5-3-4-8-21-17/h3-10,13-14,22H,11-12H2,1-2H3/t13-,14+. The number of nitrogens with one attached hydrogen (secondary N) is 1. The molecule has 128 valence electrons. The number of nitrogens with zero attached hydrogens (tertiary/aromatic N) is 2. The van der Waals surface area contributed by atoms with Gasteiger partial charge >= 0.3 is 0 Å². The number of pyridine rings is 1. The molecule has 1 aromatic carbocycles. The van der Waals surface area contributed by atoms with Crippen molar-refractivity contribution >= 4 is 16.7 Å². The lowest BCUT2D eigenvalue weighted by Crippen LogP contribution is -2.54. The van der Waals surface area contributed by atoms with Gasteiger partial charge in [0.05, 0.1) is 5.39 Å². The maximum atomic E-state index is 12.6. The molecule has 25 heavy (non-hydrogen) atoms. The van der Waals surface area contributed by atoms with Crippen molar-refractivity contribution < 1.29 is 4.42 Å². The van der Waals surface area contributed by atoms with E-state index in [1.807, 2.05) is 36.4 Å². The highest BCUT2D eigenvalue weighted by Gasteiger charge is 2.21. The van der Waals surface area contributed by atoms with E-state index in [1.54, 1.807) is 6.20 Å². The molecular formula is C20H21N3O2. The average molecular weight is 335 g/mol. The van der Waals surface area contributed by atoms with Gasteiger partial charge < -0.3 is 14.6 Å². The van der Waals surface area contributed by atoms with Crippen LogP contribution in [0.2, 0.25) is 0 Å². The van der Waals surface area contributed by atoms with Crippen LogP contribution in [0.5, 0.6) is 0 Å². The third kappa shape index (κ3) is 3.15. The van der Waals surface area contributed by atoms with E-state index in [9.17, 15) is 4.79 Å². The lowest BCUT2D eigenvalue weighted by Gasteiger charge is -2.37. The fraction of sp³-hybridized carbons (Fsp3) is 0.300. The number of anilines is 1. The van der Waals surface area contributed by atoms with Crippen LogP contribution in [-0.2, 0) is 0 Å². The minimum absolute atomic E-state index is 0.0417. The molecular weight excluding hydrogens is 314 g/mol. The van der Waals surface area contributed by atoms with Gasteiger partial charge in [0.2, 0.25) is 0 Å². The summed E-state index contributed by atoms with van der Waals surface area (Å²) < 4.78 is 5.92. The Bertz CT molecular complexity index is 942. The van der Waals surface area contributed by atoms with Crippen LogP contribution in [0.25, 0.3) is 22.4 Å². The Morgan fingerprint density at radius 1 is 1.12 bits per heavy atom. The Labute approximate surface area is 146 Å². The monoisotopic (exact) mass is 335 g/mol. The van der Waals surface area contributed by atoms with Gasteiger partial charge in [-0.25, -0.2) is 0 Å². The van der Waals surface area contributed by atoms with Gasteiger partial charge in [-0.1, -0.05) is 6.07 Å². The summed E-state index contributed by atoms with van der Waals surface area (Å²) in [5, 5.41) is 4.13. The second-order valence-corrected chi connectivity index (χ2v) is 6.74. The maximum Gasteiger partial charge on any atom is 0.193 e. The first-order chi connectivity index (χ1) is 12.1. The van der Waals surface area contributed by atoms with Crippen LogP contribution in [0.4, 0.5) is 5.69 Å². The molecule has 0 aliphatic carbocycles. The first-order valence-corrected chi connectivity index (χ1v) is 8.60. The van der Waals surface area contributed by atoms with Crippen molar-refractivity contribution in [1.29, 1.82) is 0 Å². The normalized spacial score (nSPS) is 20.8. The minimum atomic E-state index is -0.0417. The SMILES string of the molecule is C[C@@H]1CN(c2ccc3oc(-c4ccccn4)cc(=O)c3c2)C[C@H](C)N1. The van der Waals surface area contributed by atoms with Crippen LogP contribution in [0.15, 0.2) is 57.9 Å². The first kappa shape index (κ1) is 15.8. The van der Waals surface area contributed by atoms with Crippen LogP contribution in [0.1, 0.15) is 13.8 Å². The molecule has 0 bridgehead atoms. The molecule has 1 N–H and O–H groups in total. The molecule has 1 aliphatic rings. The highest BCUT2D eigenvalue weighted by molar-refractivity contribution is 5.82. The fourth-order valence-corrected chi connectivity index (χ4v) is 3.51. The predicted molar refractivity (Wildman–Crippen MR) is 100.0 cm³/mol. The molecule has 2 aromatic heterocycles. The van der Waals surface area contributed by atoms with Crippen molar-refractivity contribution in [3.63, 3.8) is 0 Å². The summed E-state index contributed by atoms with van der Waals surface area (Å²) in [5.41, 5.74) is 2.27. The van der Waals surface area contributed by atoms with Gasteiger partial charge in [-0.05, 0) is 44.2 Å². The maximum absolute atomic E-state index is 12.6. The molecule has 0 amide bonds. The summed E-state index contributed by atoms with van der Waals surface area (Å²) in [6.07, 6.45) is 1.69. The van der Waals surface area contributed by atoms with Crippen LogP contribution >= 0.6 is 0 Å². The van der Waals surface area contributed by atoms with Crippen molar-refractivity contribution in [3.8, 4) is 11.5 Å². The molecule has 0 unspecified atom stereocenters. The van der Waals surface area contributed by atoms with E-state index in [0.29, 0.717) is 34.5 Å². The molecule has 5 nitrogen and oxygen atoms in total. The van der Waals surface area contributed by atoms with Gasteiger partial charge in [0.1, 0.15) is 11.3 Å². The van der Waals surface area contributed by atoms with E-state index in [2.05, 4.69) is 29.0 Å². The lowest BCUT2D eigenvalue weighted by atomic mass is 10.1. The zero-order valence-electron chi connectivity index (χ0n) is 14.4. The van der Waals surface area contributed by atoms with E-state index in [-0.39, 0.29) is 5.43 Å². The Kier molecular flexibility index (Phi) is 4.01. The zero-order valence-corrected chi connectivity index (χ0v) is 14.4. The molecule has 3 heterocycles. The van der Waals surface area contributed by atoms with Gasteiger partial charge in [0.15, 0.2) is 11.2 Å². The first-order valence-electron chi connectivity index (χ1n) is 8.60. The second-order valence-electron chi connectivity index (χ2n) is 6.74. The van der Waals surface area contributed by atoms with Gasteiger partial charge in [0.25, 0.3) is 0 Å². The van der Waals surface area contributed by atoms with E-state index >= 15 is 0 Å². The largest absolute Gasteiger partial charge is 0.454 e. The second kappa shape index (κ2) is 6.33. The summed E-state index contributed by atoms with van der Waals surface area (Å²) in [6.45, 7) is 6.20. The van der Waals surface area contributed by atoms with E-state index < -0.39 is 0 Å². The summed E-state index contributed by atoms with van der Waals surface area (Å²) in [4.78, 5) is 19.2. The van der Waals surface area contributed by atoms with Crippen LogP contribution in [-0.4, -0.2) is 30.2 Å². The zero-order chi connectivity index (χ0) is 17.4. The van der Waals surface area contributed by atoms with Crippen molar-refractivity contribution in [2.75, 3.05) is 18.0 Å². The third-order valence-corrected chi connectivity index (χ3v) is 4.55. The Hall–Kier alpha value is -2.66. The molecule has 1 saturated heterocycles. The Morgan fingerprint density at radius 2 is 1.92 bits per heavy atom. The highest BCUT2D eigenvalue weighted by atomic mass is 16.3. The van der Waals surface area contributed by atoms with E-state index in [0.717, 1.165) is 18.8 Å². The predicted octanol–water partition coefficient (Wildman–Crippen LogP) is 3.04. The molecule has 5 heteroatoms. The summed E-state index contributed by atoms with van der Waals surface area (Å²) in [7, 11) is 0. The van der Waals surface area contributed by atoms with Crippen molar-refractivity contribution in [2.24, 2.45) is 0 Å². The van der Waals surface area contributed by atoms with Gasteiger partial charge in [-0.2, -0.15) is 0 Å². The van der Waals surface area contributed by atoms with Crippen molar-refractivity contribution in [2.45, 2.75) is 25.9 Å². The summed E-state index contributed by atoms with van der Waals surface area (Å²) >= 11 is 0. The molecule has 3 aromatic rings. The van der Waals surface area contributed by atoms with E-state index in [1.165, 1.54) is 6.07 Å². The number of rotatable bonds is 2. The summed E-state index contributed by atoms with van der Waals surface area (Å²) in [6, 6.07) is 13.8. The van der Waals surface area contributed by atoms with Gasteiger partial charge in [-0.15, -0.1) is 0 Å². The summed E-state index contributed by atoms with van der Waals surface area (Å²) in [5.74, 6) is 0.496. The number of hydrogen-bond acceptors (Lipinski definition) is 5. The van der Waals surface area contributed by atoms with E-state index in [4.69, 9.17) is 4.42 Å². The lowest BCUT2D eigenvalue weighted by molar-refractivity contribution is 0.407. The number of aromatic nitrogens is 1. The number of fused-ring (bicyclic) bond motifs is 1. The van der Waals surface area contributed by atoms with Gasteiger partial charge in [0, 0.05) is 43.1 Å². The highest BCUT2D eigenvalue weighted by Crippen LogP contribution is 2.25. The van der Waals surface area contributed by atoms with Crippen LogP contribution in [0.3, 0.4) is 0 Å². The quantitative estimate of drug-likeness (QED) is 0.780. The number of benzene rings is 1. The van der Waals surface area contributed by atoms with Gasteiger partial charge in [-0.3, -0.25) is 9.78 Å². The molecule has 2 atom stereocenters. The minimum Gasteiger partial charge on any atom is -0.454 e. The molecule has 0 radical (unpaired) electrons. The molecule has 1 aliphatic heterocycles. The number of piperazine rings is 1. The van der Waals surface area contributed by atoms with Crippen molar-refractivity contribution in [3.05, 3.63) is 58.9 Å². The third-order valence-electron chi connectivity index (χ3n) is 4.55. The molecule has 1 fully saturated rings. The Balaban J connectivity index is 1.74. The Morgan fingerprint density at radius 3 is 2.64 bits per heavy atom. The van der Waals surface area contributed by atoms with Crippen LogP contribution < -0.4 is 15.6 Å². The van der Waals surface area contributed by atoms with Crippen LogP contribution in [0, 0.1) is 0 Å². The average Bonchev–Trinajstić information content (AvgIpc) is 2.61. The van der Waals surface area contributed by atoms with Crippen molar-refractivity contribution in [1.82, 2.24) is 10.3 Å². The fourth-order valence-electron chi connectivity index (χ4n) is 3.51. The molecule has 0 saturated carbocycles. The topological polar surface area (TPSA) is 58.4 Å². The number of hydrogen-bond donors (Lipinski definition) is 1.